The standard InChI is InChI=1S/C15H15BrN2O2S/c16-12-6-7-15-11(8-12)9-13(10-17-15)18-21(19,20)14-4-2-1-3-5-14/h1-8,13,17-18H,9-10H2. The minimum Gasteiger partial charge on any atom is -0.383 e. The van der Waals surface area contributed by atoms with E-state index in [1.54, 1.807) is 30.3 Å². The largest absolute Gasteiger partial charge is 0.383 e. The lowest BCUT2D eigenvalue weighted by atomic mass is 10.0. The molecule has 0 fully saturated rings. The molecule has 0 bridgehead atoms. The molecule has 2 N–H and O–H groups in total. The van der Waals surface area contributed by atoms with Gasteiger partial charge in [0, 0.05) is 22.7 Å². The molecule has 1 atom stereocenters. The zero-order chi connectivity index (χ0) is 14.9. The van der Waals surface area contributed by atoms with Crippen molar-refractivity contribution >= 4 is 31.6 Å². The Balaban J connectivity index is 1.78. The fourth-order valence-corrected chi connectivity index (χ4v) is 4.11. The Hall–Kier alpha value is -1.37. The minimum absolute atomic E-state index is 0.156. The second-order valence-corrected chi connectivity index (χ2v) is 7.65. The van der Waals surface area contributed by atoms with Crippen LogP contribution in [-0.4, -0.2) is 21.0 Å². The fourth-order valence-electron chi connectivity index (χ4n) is 2.44. The van der Waals surface area contributed by atoms with Crippen LogP contribution in [0.5, 0.6) is 0 Å². The Kier molecular flexibility index (Phi) is 4.01. The Bertz CT molecular complexity index is 748. The predicted octanol–water partition coefficient (Wildman–Crippen LogP) is 2.76. The third-order valence-electron chi connectivity index (χ3n) is 3.45. The van der Waals surface area contributed by atoms with Gasteiger partial charge in [-0.05, 0) is 42.3 Å². The number of nitrogens with one attached hydrogen (secondary N) is 2. The van der Waals surface area contributed by atoms with E-state index in [9.17, 15) is 8.42 Å². The van der Waals surface area contributed by atoms with Crippen LogP contribution in [0.2, 0.25) is 0 Å². The summed E-state index contributed by atoms with van der Waals surface area (Å²) in [5.41, 5.74) is 2.17. The van der Waals surface area contributed by atoms with E-state index in [-0.39, 0.29) is 6.04 Å². The van der Waals surface area contributed by atoms with Crippen molar-refractivity contribution in [2.24, 2.45) is 0 Å². The minimum atomic E-state index is -3.47. The van der Waals surface area contributed by atoms with Crippen LogP contribution in [-0.2, 0) is 16.4 Å². The lowest BCUT2D eigenvalue weighted by Crippen LogP contribution is -2.43. The quantitative estimate of drug-likeness (QED) is 0.877. The topological polar surface area (TPSA) is 58.2 Å². The van der Waals surface area contributed by atoms with Crippen LogP contribution in [0.25, 0.3) is 0 Å². The van der Waals surface area contributed by atoms with E-state index in [1.807, 2.05) is 18.2 Å². The molecule has 2 aromatic carbocycles. The van der Waals surface area contributed by atoms with Gasteiger partial charge in [-0.3, -0.25) is 0 Å². The van der Waals surface area contributed by atoms with E-state index in [0.29, 0.717) is 17.9 Å². The molecule has 0 saturated carbocycles. The summed E-state index contributed by atoms with van der Waals surface area (Å²) in [6.45, 7) is 0.584. The molecule has 21 heavy (non-hydrogen) atoms. The summed E-state index contributed by atoms with van der Waals surface area (Å²) in [6.07, 6.45) is 0.674. The van der Waals surface area contributed by atoms with Crippen molar-refractivity contribution in [3.63, 3.8) is 0 Å². The highest BCUT2D eigenvalue weighted by Gasteiger charge is 2.24. The number of hydrogen-bond acceptors (Lipinski definition) is 3. The zero-order valence-corrected chi connectivity index (χ0v) is 13.6. The summed E-state index contributed by atoms with van der Waals surface area (Å²) in [5.74, 6) is 0. The lowest BCUT2D eigenvalue weighted by Gasteiger charge is -2.27. The second kappa shape index (κ2) is 5.79. The van der Waals surface area contributed by atoms with Gasteiger partial charge in [0.2, 0.25) is 10.0 Å². The first kappa shape index (κ1) is 14.6. The molecule has 0 aliphatic carbocycles. The molecule has 1 aliphatic heterocycles. The van der Waals surface area contributed by atoms with Crippen molar-refractivity contribution in [3.05, 3.63) is 58.6 Å². The Morgan fingerprint density at radius 2 is 1.90 bits per heavy atom. The van der Waals surface area contributed by atoms with E-state index >= 15 is 0 Å². The number of anilines is 1. The smallest absolute Gasteiger partial charge is 0.240 e. The molecule has 6 heteroatoms. The highest BCUT2D eigenvalue weighted by molar-refractivity contribution is 9.10. The van der Waals surface area contributed by atoms with Gasteiger partial charge < -0.3 is 5.32 Å². The SMILES string of the molecule is O=S(=O)(NC1CNc2ccc(Br)cc2C1)c1ccccc1. The zero-order valence-electron chi connectivity index (χ0n) is 11.2. The highest BCUT2D eigenvalue weighted by Crippen LogP contribution is 2.26. The Morgan fingerprint density at radius 3 is 2.67 bits per heavy atom. The molecule has 0 radical (unpaired) electrons. The van der Waals surface area contributed by atoms with Gasteiger partial charge in [-0.15, -0.1) is 0 Å². The average Bonchev–Trinajstić information content (AvgIpc) is 2.47. The number of hydrogen-bond donors (Lipinski definition) is 2. The molecule has 0 saturated heterocycles. The maximum absolute atomic E-state index is 12.3. The van der Waals surface area contributed by atoms with Gasteiger partial charge in [-0.1, -0.05) is 34.1 Å². The van der Waals surface area contributed by atoms with Crippen LogP contribution >= 0.6 is 15.9 Å². The molecule has 0 amide bonds. The summed E-state index contributed by atoms with van der Waals surface area (Å²) in [7, 11) is -3.47. The van der Waals surface area contributed by atoms with E-state index in [2.05, 4.69) is 26.0 Å². The third-order valence-corrected chi connectivity index (χ3v) is 5.48. The van der Waals surface area contributed by atoms with Crippen molar-refractivity contribution < 1.29 is 8.42 Å². The van der Waals surface area contributed by atoms with E-state index in [0.717, 1.165) is 15.7 Å². The summed E-state index contributed by atoms with van der Waals surface area (Å²) in [5, 5.41) is 3.27. The first-order chi connectivity index (χ1) is 10.0. The van der Waals surface area contributed by atoms with Gasteiger partial charge in [-0.2, -0.15) is 0 Å². The van der Waals surface area contributed by atoms with E-state index < -0.39 is 10.0 Å². The summed E-state index contributed by atoms with van der Waals surface area (Å²) in [6, 6.07) is 14.3. The lowest BCUT2D eigenvalue weighted by molar-refractivity contribution is 0.548. The first-order valence-corrected chi connectivity index (χ1v) is 8.92. The van der Waals surface area contributed by atoms with Gasteiger partial charge in [-0.25, -0.2) is 13.1 Å². The maximum atomic E-state index is 12.3. The van der Waals surface area contributed by atoms with Gasteiger partial charge in [0.25, 0.3) is 0 Å². The molecule has 0 aromatic heterocycles. The predicted molar refractivity (Wildman–Crippen MR) is 86.9 cm³/mol. The van der Waals surface area contributed by atoms with Crippen molar-refractivity contribution in [3.8, 4) is 0 Å². The maximum Gasteiger partial charge on any atom is 0.240 e. The number of benzene rings is 2. The molecule has 1 unspecified atom stereocenters. The number of sulfonamides is 1. The van der Waals surface area contributed by atoms with Crippen molar-refractivity contribution in [2.75, 3.05) is 11.9 Å². The van der Waals surface area contributed by atoms with Crippen molar-refractivity contribution in [1.29, 1.82) is 0 Å². The van der Waals surface area contributed by atoms with E-state index in [4.69, 9.17) is 0 Å². The third kappa shape index (κ3) is 3.28. The van der Waals surface area contributed by atoms with Crippen LogP contribution in [0.1, 0.15) is 5.56 Å². The molecular weight excluding hydrogens is 352 g/mol. The van der Waals surface area contributed by atoms with Crippen LogP contribution in [0.4, 0.5) is 5.69 Å². The normalized spacial score (nSPS) is 17.9. The van der Waals surface area contributed by atoms with Gasteiger partial charge in [0.05, 0.1) is 4.90 Å². The van der Waals surface area contributed by atoms with Crippen LogP contribution < -0.4 is 10.0 Å². The second-order valence-electron chi connectivity index (χ2n) is 5.02. The molecule has 3 rings (SSSR count). The number of rotatable bonds is 3. The van der Waals surface area contributed by atoms with Crippen molar-refractivity contribution in [1.82, 2.24) is 4.72 Å². The van der Waals surface area contributed by atoms with E-state index in [1.165, 1.54) is 0 Å². The fraction of sp³-hybridized carbons (Fsp3) is 0.200. The molecule has 0 spiro atoms. The molecule has 4 nitrogen and oxygen atoms in total. The Morgan fingerprint density at radius 1 is 1.14 bits per heavy atom. The Labute approximate surface area is 132 Å². The van der Waals surface area contributed by atoms with Gasteiger partial charge in [0.1, 0.15) is 0 Å². The molecule has 2 aromatic rings. The molecular formula is C15H15BrN2O2S. The van der Waals surface area contributed by atoms with Crippen LogP contribution in [0, 0.1) is 0 Å². The summed E-state index contributed by atoms with van der Waals surface area (Å²) >= 11 is 3.44. The molecule has 110 valence electrons. The summed E-state index contributed by atoms with van der Waals surface area (Å²) in [4.78, 5) is 0.296. The monoisotopic (exact) mass is 366 g/mol. The molecule has 1 heterocycles. The van der Waals surface area contributed by atoms with Crippen molar-refractivity contribution in [2.45, 2.75) is 17.4 Å². The van der Waals surface area contributed by atoms with Gasteiger partial charge >= 0.3 is 0 Å². The van der Waals surface area contributed by atoms with Gasteiger partial charge in [0.15, 0.2) is 0 Å². The number of halogens is 1. The summed E-state index contributed by atoms with van der Waals surface area (Å²) < 4.78 is 28.4. The first-order valence-electron chi connectivity index (χ1n) is 6.64. The van der Waals surface area contributed by atoms with Crippen LogP contribution in [0.3, 0.4) is 0 Å². The van der Waals surface area contributed by atoms with Crippen LogP contribution in [0.15, 0.2) is 57.9 Å². The molecule has 1 aliphatic rings. The highest BCUT2D eigenvalue weighted by atomic mass is 79.9. The average molecular weight is 367 g/mol. The number of fused-ring (bicyclic) bond motifs is 1.